The van der Waals surface area contributed by atoms with Crippen molar-refractivity contribution in [3.8, 4) is 0 Å². The Hall–Kier alpha value is -1.44. The van der Waals surface area contributed by atoms with Crippen LogP contribution < -0.4 is 0 Å². The summed E-state index contributed by atoms with van der Waals surface area (Å²) in [6.45, 7) is 8.74. The number of hydrogen-bond donors (Lipinski definition) is 0. The number of rotatable bonds is 2. The minimum absolute atomic E-state index is 0.438. The molecule has 2 nitrogen and oxygen atoms in total. The first-order valence-electron chi connectivity index (χ1n) is 5.83. The quantitative estimate of drug-likeness (QED) is 0.758. The van der Waals surface area contributed by atoms with Crippen LogP contribution in [0.5, 0.6) is 0 Å². The van der Waals surface area contributed by atoms with Gasteiger partial charge in [-0.3, -0.25) is 9.97 Å². The molecular weight excluding hydrogens is 196 g/mol. The molecule has 0 N–H and O–H groups in total. The highest BCUT2D eigenvalue weighted by molar-refractivity contribution is 5.87. The van der Waals surface area contributed by atoms with E-state index in [0.29, 0.717) is 11.8 Å². The summed E-state index contributed by atoms with van der Waals surface area (Å²) in [6.07, 6.45) is 5.81. The maximum Gasteiger partial charge on any atom is 0.0522 e. The molecule has 0 aliphatic carbocycles. The van der Waals surface area contributed by atoms with Crippen molar-refractivity contribution in [2.45, 2.75) is 39.5 Å². The average Bonchev–Trinajstić information content (AvgIpc) is 2.27. The Balaban J connectivity index is 2.77. The standard InChI is InChI=1S/C14H18N2/c1-9(2)12-8-16-14(10(3)4)13-7-15-6-5-11(12)13/h5-10H,1-4H3. The van der Waals surface area contributed by atoms with Gasteiger partial charge in [-0.15, -0.1) is 0 Å². The van der Waals surface area contributed by atoms with Crippen molar-refractivity contribution in [1.29, 1.82) is 0 Å². The molecule has 0 spiro atoms. The van der Waals surface area contributed by atoms with Gasteiger partial charge in [0, 0.05) is 24.0 Å². The molecule has 2 heterocycles. The van der Waals surface area contributed by atoms with Crippen LogP contribution in [0.2, 0.25) is 0 Å². The highest BCUT2D eigenvalue weighted by Crippen LogP contribution is 2.28. The van der Waals surface area contributed by atoms with Crippen molar-refractivity contribution >= 4 is 10.8 Å². The lowest BCUT2D eigenvalue weighted by molar-refractivity contribution is 0.817. The van der Waals surface area contributed by atoms with Crippen LogP contribution in [0.4, 0.5) is 0 Å². The maximum atomic E-state index is 4.59. The molecule has 2 rings (SSSR count). The molecule has 0 fully saturated rings. The summed E-state index contributed by atoms with van der Waals surface area (Å²) in [5, 5.41) is 2.49. The van der Waals surface area contributed by atoms with Crippen molar-refractivity contribution in [2.75, 3.05) is 0 Å². The minimum atomic E-state index is 0.438. The minimum Gasteiger partial charge on any atom is -0.264 e. The van der Waals surface area contributed by atoms with Gasteiger partial charge in [0.25, 0.3) is 0 Å². The van der Waals surface area contributed by atoms with Gasteiger partial charge in [-0.05, 0) is 28.9 Å². The first-order chi connectivity index (χ1) is 7.61. The summed E-state index contributed by atoms with van der Waals surface area (Å²) in [6, 6.07) is 2.10. The first kappa shape index (κ1) is 11.1. The molecule has 2 aromatic rings. The highest BCUT2D eigenvalue weighted by atomic mass is 14.7. The fourth-order valence-electron chi connectivity index (χ4n) is 2.05. The van der Waals surface area contributed by atoms with Gasteiger partial charge in [0.05, 0.1) is 5.69 Å². The Morgan fingerprint density at radius 1 is 0.938 bits per heavy atom. The van der Waals surface area contributed by atoms with Crippen LogP contribution in [0.25, 0.3) is 10.8 Å². The van der Waals surface area contributed by atoms with Crippen molar-refractivity contribution in [3.05, 3.63) is 35.9 Å². The Morgan fingerprint density at radius 3 is 2.31 bits per heavy atom. The van der Waals surface area contributed by atoms with E-state index in [4.69, 9.17) is 0 Å². The number of pyridine rings is 2. The number of nitrogens with zero attached hydrogens (tertiary/aromatic N) is 2. The lowest BCUT2D eigenvalue weighted by Crippen LogP contribution is -1.99. The van der Waals surface area contributed by atoms with Gasteiger partial charge in [-0.2, -0.15) is 0 Å². The van der Waals surface area contributed by atoms with Gasteiger partial charge in [0.15, 0.2) is 0 Å². The molecule has 0 aromatic carbocycles. The molecule has 0 radical (unpaired) electrons. The van der Waals surface area contributed by atoms with E-state index in [0.717, 1.165) is 5.69 Å². The summed E-state index contributed by atoms with van der Waals surface area (Å²) in [5.41, 5.74) is 2.45. The summed E-state index contributed by atoms with van der Waals surface area (Å²) in [7, 11) is 0. The third kappa shape index (κ3) is 1.80. The predicted octanol–water partition coefficient (Wildman–Crippen LogP) is 3.88. The van der Waals surface area contributed by atoms with Crippen LogP contribution >= 0.6 is 0 Å². The number of hydrogen-bond acceptors (Lipinski definition) is 2. The van der Waals surface area contributed by atoms with Crippen molar-refractivity contribution in [1.82, 2.24) is 9.97 Å². The van der Waals surface area contributed by atoms with Gasteiger partial charge in [-0.25, -0.2) is 0 Å². The molecule has 2 heteroatoms. The van der Waals surface area contributed by atoms with E-state index in [9.17, 15) is 0 Å². The summed E-state index contributed by atoms with van der Waals surface area (Å²) in [5.74, 6) is 0.937. The number of aromatic nitrogens is 2. The number of fused-ring (bicyclic) bond motifs is 1. The molecule has 0 saturated carbocycles. The van der Waals surface area contributed by atoms with Crippen LogP contribution in [0.3, 0.4) is 0 Å². The maximum absolute atomic E-state index is 4.59. The molecule has 2 aromatic heterocycles. The van der Waals surface area contributed by atoms with E-state index in [1.165, 1.54) is 16.3 Å². The van der Waals surface area contributed by atoms with Gasteiger partial charge < -0.3 is 0 Å². The van der Waals surface area contributed by atoms with E-state index in [1.54, 1.807) is 0 Å². The monoisotopic (exact) mass is 214 g/mol. The average molecular weight is 214 g/mol. The molecule has 0 bridgehead atoms. The van der Waals surface area contributed by atoms with E-state index in [2.05, 4.69) is 43.7 Å². The van der Waals surface area contributed by atoms with Crippen LogP contribution in [0.15, 0.2) is 24.7 Å². The van der Waals surface area contributed by atoms with Crippen molar-refractivity contribution in [2.24, 2.45) is 0 Å². The molecule has 84 valence electrons. The van der Waals surface area contributed by atoms with Crippen LogP contribution in [-0.4, -0.2) is 9.97 Å². The molecule has 0 amide bonds. The van der Waals surface area contributed by atoms with E-state index in [1.807, 2.05) is 18.6 Å². The highest BCUT2D eigenvalue weighted by Gasteiger charge is 2.11. The SMILES string of the molecule is CC(C)c1cnc(C(C)C)c2cnccc12. The first-order valence-corrected chi connectivity index (χ1v) is 5.83. The normalized spacial score (nSPS) is 11.6. The third-order valence-corrected chi connectivity index (χ3v) is 2.92. The van der Waals surface area contributed by atoms with Crippen LogP contribution in [0, 0.1) is 0 Å². The largest absolute Gasteiger partial charge is 0.264 e. The van der Waals surface area contributed by atoms with E-state index < -0.39 is 0 Å². The molecular formula is C14H18N2. The summed E-state index contributed by atoms with van der Waals surface area (Å²) < 4.78 is 0. The molecule has 0 unspecified atom stereocenters. The molecule has 0 saturated heterocycles. The van der Waals surface area contributed by atoms with Gasteiger partial charge in [-0.1, -0.05) is 27.7 Å². The van der Waals surface area contributed by atoms with Crippen molar-refractivity contribution in [3.63, 3.8) is 0 Å². The molecule has 0 aliphatic rings. The smallest absolute Gasteiger partial charge is 0.0522 e. The van der Waals surface area contributed by atoms with E-state index >= 15 is 0 Å². The fraction of sp³-hybridized carbons (Fsp3) is 0.429. The Bertz CT molecular complexity index is 455. The molecule has 0 aliphatic heterocycles. The van der Waals surface area contributed by atoms with Gasteiger partial charge in [0.1, 0.15) is 0 Å². The predicted molar refractivity (Wildman–Crippen MR) is 67.7 cm³/mol. The molecule has 16 heavy (non-hydrogen) atoms. The van der Waals surface area contributed by atoms with Crippen LogP contribution in [0.1, 0.15) is 50.8 Å². The lowest BCUT2D eigenvalue weighted by atomic mass is 9.96. The Labute approximate surface area is 96.7 Å². The van der Waals surface area contributed by atoms with Gasteiger partial charge >= 0.3 is 0 Å². The Morgan fingerprint density at radius 2 is 1.69 bits per heavy atom. The Kier molecular flexibility index (Phi) is 2.90. The zero-order valence-electron chi connectivity index (χ0n) is 10.4. The summed E-state index contributed by atoms with van der Waals surface area (Å²) in [4.78, 5) is 8.80. The second kappa shape index (κ2) is 4.20. The summed E-state index contributed by atoms with van der Waals surface area (Å²) >= 11 is 0. The van der Waals surface area contributed by atoms with E-state index in [-0.39, 0.29) is 0 Å². The van der Waals surface area contributed by atoms with Crippen LogP contribution in [-0.2, 0) is 0 Å². The fourth-order valence-corrected chi connectivity index (χ4v) is 2.05. The van der Waals surface area contributed by atoms with Gasteiger partial charge in [0.2, 0.25) is 0 Å². The zero-order valence-corrected chi connectivity index (χ0v) is 10.4. The van der Waals surface area contributed by atoms with Crippen molar-refractivity contribution < 1.29 is 0 Å². The molecule has 0 atom stereocenters. The zero-order chi connectivity index (χ0) is 11.7. The second-order valence-corrected chi connectivity index (χ2v) is 4.83. The second-order valence-electron chi connectivity index (χ2n) is 4.83. The topological polar surface area (TPSA) is 25.8 Å². The third-order valence-electron chi connectivity index (χ3n) is 2.92. The lowest BCUT2D eigenvalue weighted by Gasteiger charge is -2.14.